The Bertz CT molecular complexity index is 679. The molecule has 3 atom stereocenters. The zero-order valence-electron chi connectivity index (χ0n) is 12.5. The van der Waals surface area contributed by atoms with E-state index >= 15 is 0 Å². The first kappa shape index (κ1) is 14.3. The van der Waals surface area contributed by atoms with Crippen LogP contribution in [0, 0.1) is 11.3 Å². The van der Waals surface area contributed by atoms with E-state index in [1.54, 1.807) is 18.7 Å². The fraction of sp³-hybridized carbons (Fsp3) is 0.529. The molecule has 22 heavy (non-hydrogen) atoms. The molecule has 1 aromatic rings. The summed E-state index contributed by atoms with van der Waals surface area (Å²) in [4.78, 5) is 15.8. The number of nitriles is 1. The van der Waals surface area contributed by atoms with Crippen molar-refractivity contribution in [3.8, 4) is 6.07 Å². The molecule has 0 spiro atoms. The van der Waals surface area contributed by atoms with Crippen LogP contribution in [0.5, 0.6) is 0 Å². The normalized spacial score (nSPS) is 36.8. The van der Waals surface area contributed by atoms with Crippen LogP contribution in [0.15, 0.2) is 29.2 Å². The van der Waals surface area contributed by atoms with Crippen LogP contribution in [0.2, 0.25) is 0 Å². The lowest BCUT2D eigenvalue weighted by molar-refractivity contribution is -0.128. The monoisotopic (exact) mass is 314 g/mol. The Balaban J connectivity index is 1.81. The second-order valence-corrected chi connectivity index (χ2v) is 7.70. The number of morpholine rings is 1. The van der Waals surface area contributed by atoms with E-state index in [1.165, 1.54) is 5.56 Å². The van der Waals surface area contributed by atoms with Gasteiger partial charge in [-0.05, 0) is 18.6 Å². The molecule has 4 nitrogen and oxygen atoms in total. The number of carbonyl (C=O) groups excluding carboxylic acids is 1. The molecular weight excluding hydrogens is 296 g/mol. The van der Waals surface area contributed by atoms with Crippen LogP contribution in [0.4, 0.5) is 0 Å². The topological polar surface area (TPSA) is 53.3 Å². The highest BCUT2D eigenvalue weighted by atomic mass is 32.2. The molecule has 0 N–H and O–H groups in total. The Morgan fingerprint density at radius 1 is 1.41 bits per heavy atom. The number of rotatable bonds is 2. The quantitative estimate of drug-likeness (QED) is 0.837. The Kier molecular flexibility index (Phi) is 3.12. The van der Waals surface area contributed by atoms with E-state index in [-0.39, 0.29) is 11.7 Å². The zero-order chi connectivity index (χ0) is 15.4. The van der Waals surface area contributed by atoms with E-state index in [1.807, 2.05) is 12.1 Å². The van der Waals surface area contributed by atoms with Crippen molar-refractivity contribution >= 4 is 17.5 Å². The fourth-order valence-corrected chi connectivity index (χ4v) is 6.02. The van der Waals surface area contributed by atoms with Crippen molar-refractivity contribution in [2.45, 2.75) is 34.4 Å². The summed E-state index contributed by atoms with van der Waals surface area (Å²) >= 11 is 1.66. The van der Waals surface area contributed by atoms with E-state index in [0.717, 1.165) is 18.0 Å². The number of fused-ring (bicyclic) bond motifs is 3. The predicted molar refractivity (Wildman–Crippen MR) is 83.8 cm³/mol. The fourth-order valence-electron chi connectivity index (χ4n) is 4.30. The average Bonchev–Trinajstić information content (AvgIpc) is 2.80. The highest BCUT2D eigenvalue weighted by Crippen LogP contribution is 2.69. The summed E-state index contributed by atoms with van der Waals surface area (Å²) in [5, 5.41) is 10.0. The van der Waals surface area contributed by atoms with Crippen LogP contribution in [0.1, 0.15) is 24.8 Å². The number of nitrogens with zero attached hydrogens (tertiary/aromatic N) is 2. The largest absolute Gasteiger partial charge is 0.379 e. The molecule has 4 rings (SSSR count). The molecule has 3 aliphatic rings. The van der Waals surface area contributed by atoms with Crippen LogP contribution in [-0.2, 0) is 9.53 Å². The first-order chi connectivity index (χ1) is 10.6. The Morgan fingerprint density at radius 3 is 2.82 bits per heavy atom. The van der Waals surface area contributed by atoms with Crippen molar-refractivity contribution < 1.29 is 9.53 Å². The molecule has 114 valence electrons. The summed E-state index contributed by atoms with van der Waals surface area (Å²) in [6.45, 7) is 4.54. The van der Waals surface area contributed by atoms with E-state index in [9.17, 15) is 10.1 Å². The van der Waals surface area contributed by atoms with Crippen LogP contribution in [-0.4, -0.2) is 47.3 Å². The van der Waals surface area contributed by atoms with Gasteiger partial charge in [0.25, 0.3) is 0 Å². The molecule has 0 amide bonds. The third kappa shape index (κ3) is 1.63. The summed E-state index contributed by atoms with van der Waals surface area (Å²) in [5.41, 5.74) is 0.608. The summed E-state index contributed by atoms with van der Waals surface area (Å²) < 4.78 is 4.99. The number of hydrogen-bond donors (Lipinski definition) is 0. The van der Waals surface area contributed by atoms with Gasteiger partial charge in [-0.2, -0.15) is 5.26 Å². The van der Waals surface area contributed by atoms with Gasteiger partial charge in [-0.15, -0.1) is 11.8 Å². The minimum atomic E-state index is -0.560. The van der Waals surface area contributed by atoms with Crippen LogP contribution >= 0.6 is 11.8 Å². The Morgan fingerprint density at radius 2 is 2.14 bits per heavy atom. The summed E-state index contributed by atoms with van der Waals surface area (Å²) in [7, 11) is 0. The van der Waals surface area contributed by atoms with E-state index in [4.69, 9.17) is 4.74 Å². The van der Waals surface area contributed by atoms with Crippen molar-refractivity contribution in [3.63, 3.8) is 0 Å². The number of Topliss-reactive ketones (excluding diaryl/α,β-unsaturated/α-hetero) is 1. The molecule has 2 fully saturated rings. The van der Waals surface area contributed by atoms with E-state index in [2.05, 4.69) is 23.1 Å². The molecule has 0 bridgehead atoms. The van der Waals surface area contributed by atoms with Gasteiger partial charge in [0.2, 0.25) is 0 Å². The maximum absolute atomic E-state index is 12.4. The number of thioether (sulfide) groups is 1. The maximum atomic E-state index is 12.4. The van der Waals surface area contributed by atoms with Crippen LogP contribution in [0.3, 0.4) is 0 Å². The molecule has 0 radical (unpaired) electrons. The van der Waals surface area contributed by atoms with Gasteiger partial charge in [0.1, 0.15) is 11.3 Å². The Labute approximate surface area is 134 Å². The first-order valence-electron chi connectivity index (χ1n) is 7.67. The third-order valence-electron chi connectivity index (χ3n) is 5.36. The smallest absolute Gasteiger partial charge is 0.147 e. The highest BCUT2D eigenvalue weighted by molar-refractivity contribution is 8.02. The van der Waals surface area contributed by atoms with Crippen molar-refractivity contribution in [2.75, 3.05) is 26.3 Å². The van der Waals surface area contributed by atoms with Gasteiger partial charge < -0.3 is 4.74 Å². The van der Waals surface area contributed by atoms with Crippen molar-refractivity contribution in [2.24, 2.45) is 0 Å². The standard InChI is InChI=1S/C17H18N2O2S/c1-12(20)17-10-16(11-18,19-6-8-21-9-7-19)15(17)13-4-2-3-5-14(13)22-17/h2-5,15H,6-10H2,1H3/t15-,16+,17-/m1/s1. The van der Waals surface area contributed by atoms with Crippen LogP contribution in [0.25, 0.3) is 0 Å². The predicted octanol–water partition coefficient (Wildman–Crippen LogP) is 2.20. The molecule has 1 aromatic carbocycles. The summed E-state index contributed by atoms with van der Waals surface area (Å²) in [6, 6.07) is 10.8. The maximum Gasteiger partial charge on any atom is 0.147 e. The van der Waals surface area contributed by atoms with Crippen molar-refractivity contribution in [1.82, 2.24) is 4.90 Å². The van der Waals surface area contributed by atoms with Gasteiger partial charge in [-0.1, -0.05) is 18.2 Å². The summed E-state index contributed by atoms with van der Waals surface area (Å²) in [5.74, 6) is 0.166. The second kappa shape index (κ2) is 4.82. The van der Waals surface area contributed by atoms with Crippen LogP contribution < -0.4 is 0 Å². The van der Waals surface area contributed by atoms with Gasteiger partial charge in [-0.3, -0.25) is 9.69 Å². The van der Waals surface area contributed by atoms with E-state index in [0.29, 0.717) is 19.6 Å². The lowest BCUT2D eigenvalue weighted by Gasteiger charge is -2.59. The number of hydrogen-bond acceptors (Lipinski definition) is 5. The molecule has 0 unspecified atom stereocenters. The molecule has 1 aliphatic carbocycles. The SMILES string of the molecule is CC(=O)[C@]12C[C@@](C#N)(N3CCOCC3)[C@H]1c1ccccc1S2. The first-order valence-corrected chi connectivity index (χ1v) is 8.49. The van der Waals surface area contributed by atoms with Gasteiger partial charge >= 0.3 is 0 Å². The number of carbonyl (C=O) groups is 1. The zero-order valence-corrected chi connectivity index (χ0v) is 13.4. The van der Waals surface area contributed by atoms with Gasteiger partial charge in [0, 0.05) is 30.3 Å². The van der Waals surface area contributed by atoms with E-state index < -0.39 is 10.3 Å². The number of ketones is 1. The van der Waals surface area contributed by atoms with Gasteiger partial charge in [0.05, 0.1) is 24.0 Å². The molecule has 1 saturated carbocycles. The third-order valence-corrected chi connectivity index (χ3v) is 6.99. The molecule has 2 aliphatic heterocycles. The lowest BCUT2D eigenvalue weighted by atomic mass is 9.54. The highest BCUT2D eigenvalue weighted by Gasteiger charge is 2.72. The molecular formula is C17H18N2O2S. The average molecular weight is 314 g/mol. The number of ether oxygens (including phenoxy) is 1. The molecule has 0 aromatic heterocycles. The minimum Gasteiger partial charge on any atom is -0.379 e. The van der Waals surface area contributed by atoms with Crippen molar-refractivity contribution in [3.05, 3.63) is 29.8 Å². The number of benzene rings is 1. The van der Waals surface area contributed by atoms with Gasteiger partial charge in [0.15, 0.2) is 0 Å². The molecule has 1 saturated heterocycles. The minimum absolute atomic E-state index is 0.0261. The summed E-state index contributed by atoms with van der Waals surface area (Å²) in [6.07, 6.45) is 0.621. The second-order valence-electron chi connectivity index (χ2n) is 6.33. The molecule has 2 heterocycles. The Hall–Kier alpha value is -1.35. The van der Waals surface area contributed by atoms with Crippen molar-refractivity contribution in [1.29, 1.82) is 5.26 Å². The van der Waals surface area contributed by atoms with Gasteiger partial charge in [-0.25, -0.2) is 0 Å². The lowest BCUT2D eigenvalue weighted by Crippen LogP contribution is -2.71. The molecule has 5 heteroatoms.